The summed E-state index contributed by atoms with van der Waals surface area (Å²) in [5.41, 5.74) is 6.55. The first-order valence-corrected chi connectivity index (χ1v) is 6.25. The van der Waals surface area contributed by atoms with Crippen LogP contribution in [0.15, 0.2) is 18.3 Å². The molecule has 0 bridgehead atoms. The van der Waals surface area contributed by atoms with Crippen molar-refractivity contribution in [1.29, 1.82) is 0 Å². The molecule has 5 heteroatoms. The van der Waals surface area contributed by atoms with Crippen LogP contribution in [0.3, 0.4) is 0 Å². The molecule has 2 aromatic heterocycles. The van der Waals surface area contributed by atoms with Gasteiger partial charge in [-0.25, -0.2) is 0 Å². The Hall–Kier alpha value is -1.49. The van der Waals surface area contributed by atoms with E-state index in [1.165, 1.54) is 12.8 Å². The monoisotopic (exact) mass is 231 g/mol. The van der Waals surface area contributed by atoms with E-state index < -0.39 is 0 Å². The Morgan fingerprint density at radius 3 is 2.82 bits per heavy atom. The van der Waals surface area contributed by atoms with Gasteiger partial charge in [0.15, 0.2) is 11.5 Å². The maximum absolute atomic E-state index is 5.71. The second kappa shape index (κ2) is 4.41. The number of hydrogen-bond donors (Lipinski definition) is 1. The van der Waals surface area contributed by atoms with Gasteiger partial charge in [-0.3, -0.25) is 0 Å². The quantitative estimate of drug-likeness (QED) is 0.847. The first-order valence-electron chi connectivity index (χ1n) is 6.25. The topological polar surface area (TPSA) is 69.1 Å². The minimum atomic E-state index is 0.489. The van der Waals surface area contributed by atoms with Gasteiger partial charge >= 0.3 is 0 Å². The fourth-order valence-electron chi connectivity index (χ4n) is 2.67. The molecule has 90 valence electrons. The maximum atomic E-state index is 5.71. The lowest BCUT2D eigenvalue weighted by atomic mass is 9.82. The third kappa shape index (κ3) is 1.91. The van der Waals surface area contributed by atoms with Crippen molar-refractivity contribution < 1.29 is 0 Å². The van der Waals surface area contributed by atoms with Crippen LogP contribution in [-0.4, -0.2) is 26.4 Å². The SMILES string of the molecule is NCC1CCC(c2nnc3cccnn23)CC1. The van der Waals surface area contributed by atoms with E-state index in [2.05, 4.69) is 15.3 Å². The predicted octanol–water partition coefficient (Wildman–Crippen LogP) is 1.36. The smallest absolute Gasteiger partial charge is 0.177 e. The summed E-state index contributed by atoms with van der Waals surface area (Å²) in [7, 11) is 0. The number of fused-ring (bicyclic) bond motifs is 1. The third-order valence-electron chi connectivity index (χ3n) is 3.75. The standard InChI is InChI=1S/C12H17N5/c13-8-9-3-5-10(6-4-9)12-16-15-11-2-1-7-14-17(11)12/h1-2,7,9-10H,3-6,8,13H2. The van der Waals surface area contributed by atoms with E-state index in [0.717, 1.165) is 30.9 Å². The summed E-state index contributed by atoms with van der Waals surface area (Å²) in [6.07, 6.45) is 6.48. The molecule has 0 saturated heterocycles. The third-order valence-corrected chi connectivity index (χ3v) is 3.75. The van der Waals surface area contributed by atoms with Crippen molar-refractivity contribution in [2.75, 3.05) is 6.54 Å². The van der Waals surface area contributed by atoms with E-state index in [-0.39, 0.29) is 0 Å². The van der Waals surface area contributed by atoms with Crippen molar-refractivity contribution in [2.45, 2.75) is 31.6 Å². The average molecular weight is 231 g/mol. The molecule has 2 heterocycles. The molecule has 0 atom stereocenters. The van der Waals surface area contributed by atoms with Gasteiger partial charge in [-0.1, -0.05) is 0 Å². The highest BCUT2D eigenvalue weighted by Crippen LogP contribution is 2.34. The van der Waals surface area contributed by atoms with Crippen LogP contribution >= 0.6 is 0 Å². The molecule has 2 N–H and O–H groups in total. The molecule has 0 spiro atoms. The Labute approximate surface area is 100 Å². The number of aromatic nitrogens is 4. The maximum Gasteiger partial charge on any atom is 0.177 e. The summed E-state index contributed by atoms with van der Waals surface area (Å²) >= 11 is 0. The molecule has 1 aliphatic carbocycles. The molecular formula is C12H17N5. The van der Waals surface area contributed by atoms with Gasteiger partial charge in [0, 0.05) is 12.1 Å². The highest BCUT2D eigenvalue weighted by Gasteiger charge is 2.25. The molecule has 3 rings (SSSR count). The van der Waals surface area contributed by atoms with Crippen LogP contribution in [0, 0.1) is 5.92 Å². The summed E-state index contributed by atoms with van der Waals surface area (Å²) in [5.74, 6) is 2.19. The van der Waals surface area contributed by atoms with Crippen LogP contribution in [0.2, 0.25) is 0 Å². The summed E-state index contributed by atoms with van der Waals surface area (Å²) in [6, 6.07) is 3.83. The summed E-state index contributed by atoms with van der Waals surface area (Å²) in [5, 5.41) is 12.8. The molecule has 0 unspecified atom stereocenters. The van der Waals surface area contributed by atoms with Crippen molar-refractivity contribution in [1.82, 2.24) is 19.8 Å². The molecule has 5 nitrogen and oxygen atoms in total. The lowest BCUT2D eigenvalue weighted by Gasteiger charge is -2.26. The number of hydrogen-bond acceptors (Lipinski definition) is 4. The molecule has 1 aliphatic rings. The van der Waals surface area contributed by atoms with Crippen molar-refractivity contribution in [2.24, 2.45) is 11.7 Å². The van der Waals surface area contributed by atoms with Gasteiger partial charge in [-0.15, -0.1) is 10.2 Å². The zero-order valence-corrected chi connectivity index (χ0v) is 9.79. The number of nitrogens with zero attached hydrogens (tertiary/aromatic N) is 4. The second-order valence-corrected chi connectivity index (χ2v) is 4.81. The zero-order chi connectivity index (χ0) is 11.7. The minimum Gasteiger partial charge on any atom is -0.330 e. The van der Waals surface area contributed by atoms with Gasteiger partial charge in [-0.2, -0.15) is 9.61 Å². The highest BCUT2D eigenvalue weighted by molar-refractivity contribution is 5.35. The minimum absolute atomic E-state index is 0.489. The van der Waals surface area contributed by atoms with E-state index in [9.17, 15) is 0 Å². The number of nitrogens with two attached hydrogens (primary N) is 1. The van der Waals surface area contributed by atoms with Gasteiger partial charge < -0.3 is 5.73 Å². The predicted molar refractivity (Wildman–Crippen MR) is 64.5 cm³/mol. The van der Waals surface area contributed by atoms with Gasteiger partial charge in [0.25, 0.3) is 0 Å². The lowest BCUT2D eigenvalue weighted by molar-refractivity contribution is 0.323. The van der Waals surface area contributed by atoms with Crippen LogP contribution in [-0.2, 0) is 0 Å². The van der Waals surface area contributed by atoms with Crippen LogP contribution in [0.1, 0.15) is 37.4 Å². The first kappa shape index (κ1) is 10.7. The Bertz CT molecular complexity index is 498. The van der Waals surface area contributed by atoms with Crippen molar-refractivity contribution in [3.8, 4) is 0 Å². The Morgan fingerprint density at radius 1 is 1.24 bits per heavy atom. The van der Waals surface area contributed by atoms with Crippen LogP contribution in [0.25, 0.3) is 5.65 Å². The van der Waals surface area contributed by atoms with E-state index >= 15 is 0 Å². The highest BCUT2D eigenvalue weighted by atomic mass is 15.4. The summed E-state index contributed by atoms with van der Waals surface area (Å²) in [6.45, 7) is 0.811. The Morgan fingerprint density at radius 2 is 2.06 bits per heavy atom. The average Bonchev–Trinajstić information content (AvgIpc) is 2.83. The molecule has 0 radical (unpaired) electrons. The molecule has 0 aliphatic heterocycles. The van der Waals surface area contributed by atoms with Crippen LogP contribution in [0.5, 0.6) is 0 Å². The van der Waals surface area contributed by atoms with Gasteiger partial charge in [0.05, 0.1) is 0 Å². The van der Waals surface area contributed by atoms with E-state index in [1.54, 1.807) is 6.20 Å². The zero-order valence-electron chi connectivity index (χ0n) is 9.79. The first-order chi connectivity index (χ1) is 8.38. The van der Waals surface area contributed by atoms with Crippen molar-refractivity contribution in [3.63, 3.8) is 0 Å². The number of rotatable bonds is 2. The van der Waals surface area contributed by atoms with Crippen molar-refractivity contribution >= 4 is 5.65 Å². The molecule has 0 amide bonds. The fourth-order valence-corrected chi connectivity index (χ4v) is 2.67. The molecular weight excluding hydrogens is 214 g/mol. The molecule has 0 aromatic carbocycles. The summed E-state index contributed by atoms with van der Waals surface area (Å²) in [4.78, 5) is 0. The molecule has 2 aromatic rings. The largest absolute Gasteiger partial charge is 0.330 e. The van der Waals surface area contributed by atoms with Crippen molar-refractivity contribution in [3.05, 3.63) is 24.2 Å². The van der Waals surface area contributed by atoms with Gasteiger partial charge in [0.1, 0.15) is 0 Å². The molecule has 1 fully saturated rings. The van der Waals surface area contributed by atoms with Gasteiger partial charge in [0.2, 0.25) is 0 Å². The van der Waals surface area contributed by atoms with E-state index in [4.69, 9.17) is 5.73 Å². The second-order valence-electron chi connectivity index (χ2n) is 4.81. The molecule has 17 heavy (non-hydrogen) atoms. The van der Waals surface area contributed by atoms with E-state index in [0.29, 0.717) is 11.8 Å². The Balaban J connectivity index is 1.85. The molecule has 1 saturated carbocycles. The van der Waals surface area contributed by atoms with Crippen LogP contribution < -0.4 is 5.73 Å². The van der Waals surface area contributed by atoms with E-state index in [1.807, 2.05) is 16.6 Å². The summed E-state index contributed by atoms with van der Waals surface area (Å²) < 4.78 is 1.87. The fraction of sp³-hybridized carbons (Fsp3) is 0.583. The Kier molecular flexibility index (Phi) is 2.76. The van der Waals surface area contributed by atoms with Gasteiger partial charge in [-0.05, 0) is 50.3 Å². The van der Waals surface area contributed by atoms with Crippen LogP contribution in [0.4, 0.5) is 0 Å². The normalized spacial score (nSPS) is 25.2. The lowest BCUT2D eigenvalue weighted by Crippen LogP contribution is -2.21.